The predicted molar refractivity (Wildman–Crippen MR) is 114 cm³/mol. The van der Waals surface area contributed by atoms with Gasteiger partial charge in [0.1, 0.15) is 11.9 Å². The Labute approximate surface area is 188 Å². The van der Waals surface area contributed by atoms with Crippen LogP contribution < -0.4 is 15.4 Å². The zero-order valence-electron chi connectivity index (χ0n) is 17.4. The topological polar surface area (TPSA) is 70.7 Å². The summed E-state index contributed by atoms with van der Waals surface area (Å²) in [6, 6.07) is 13.7. The molecule has 1 saturated heterocycles. The minimum Gasteiger partial charge on any atom is -0.451 e. The summed E-state index contributed by atoms with van der Waals surface area (Å²) in [5.74, 6) is -2.70. The van der Waals surface area contributed by atoms with E-state index in [1.807, 2.05) is 0 Å². The Hall–Kier alpha value is -4.01. The molecule has 3 aromatic carbocycles. The van der Waals surface area contributed by atoms with Gasteiger partial charge < -0.3 is 20.3 Å². The van der Waals surface area contributed by atoms with Crippen LogP contribution in [0.25, 0.3) is 0 Å². The third-order valence-corrected chi connectivity index (χ3v) is 5.17. The van der Waals surface area contributed by atoms with Crippen LogP contribution in [0.2, 0.25) is 0 Å². The molecule has 3 amide bonds. The number of piperazine rings is 1. The van der Waals surface area contributed by atoms with Crippen LogP contribution in [0.5, 0.6) is 11.5 Å². The number of carbonyl (C=O) groups excluding carboxylic acids is 2. The lowest BCUT2D eigenvalue weighted by atomic mass is 10.0. The van der Waals surface area contributed by atoms with Gasteiger partial charge in [-0.1, -0.05) is 36.4 Å². The van der Waals surface area contributed by atoms with Gasteiger partial charge in [-0.3, -0.25) is 4.79 Å². The van der Waals surface area contributed by atoms with Crippen LogP contribution in [0.4, 0.5) is 18.0 Å². The molecule has 0 radical (unpaired) electrons. The molecule has 1 aliphatic heterocycles. The van der Waals surface area contributed by atoms with Gasteiger partial charge in [0.2, 0.25) is 5.91 Å². The number of nitrogens with zero attached hydrogens (tertiary/aromatic N) is 1. The van der Waals surface area contributed by atoms with Crippen molar-refractivity contribution in [3.63, 3.8) is 0 Å². The predicted octanol–water partition coefficient (Wildman–Crippen LogP) is 4.28. The van der Waals surface area contributed by atoms with Crippen molar-refractivity contribution < 1.29 is 27.5 Å². The molecule has 0 bridgehead atoms. The number of nitrogens with one attached hydrogen (secondary N) is 2. The van der Waals surface area contributed by atoms with Crippen LogP contribution in [-0.2, 0) is 11.3 Å². The van der Waals surface area contributed by atoms with E-state index >= 15 is 0 Å². The van der Waals surface area contributed by atoms with E-state index in [0.29, 0.717) is 5.56 Å². The second-order valence-corrected chi connectivity index (χ2v) is 7.36. The number of rotatable bonds is 5. The van der Waals surface area contributed by atoms with Crippen LogP contribution in [0, 0.1) is 17.5 Å². The monoisotopic (exact) mass is 455 g/mol. The van der Waals surface area contributed by atoms with Crippen molar-refractivity contribution in [3.05, 3.63) is 95.3 Å². The number of benzene rings is 3. The van der Waals surface area contributed by atoms with Gasteiger partial charge in [-0.05, 0) is 35.9 Å². The molecule has 9 heteroatoms. The molecule has 1 aliphatic rings. The molecule has 1 unspecified atom stereocenters. The summed E-state index contributed by atoms with van der Waals surface area (Å²) in [6.45, 7) is 0.367. The molecule has 0 aliphatic carbocycles. The molecule has 1 atom stereocenters. The second-order valence-electron chi connectivity index (χ2n) is 7.36. The van der Waals surface area contributed by atoms with Crippen molar-refractivity contribution in [2.24, 2.45) is 0 Å². The fourth-order valence-electron chi connectivity index (χ4n) is 3.55. The number of hydrogen-bond donors (Lipinski definition) is 2. The van der Waals surface area contributed by atoms with Gasteiger partial charge in [0.25, 0.3) is 0 Å². The summed E-state index contributed by atoms with van der Waals surface area (Å²) in [5.41, 5.74) is 0.510. The van der Waals surface area contributed by atoms with E-state index in [-0.39, 0.29) is 36.7 Å². The van der Waals surface area contributed by atoms with Crippen molar-refractivity contribution in [1.29, 1.82) is 0 Å². The molecule has 0 aromatic heterocycles. The highest BCUT2D eigenvalue weighted by atomic mass is 19.1. The number of hydrogen-bond acceptors (Lipinski definition) is 3. The fourth-order valence-corrected chi connectivity index (χ4v) is 3.55. The van der Waals surface area contributed by atoms with Crippen molar-refractivity contribution >= 4 is 11.9 Å². The van der Waals surface area contributed by atoms with E-state index < -0.39 is 35.4 Å². The highest BCUT2D eigenvalue weighted by Crippen LogP contribution is 2.28. The summed E-state index contributed by atoms with van der Waals surface area (Å²) in [6.07, 6.45) is 0. The first-order valence-corrected chi connectivity index (χ1v) is 10.2. The van der Waals surface area contributed by atoms with E-state index in [1.165, 1.54) is 53.4 Å². The first-order chi connectivity index (χ1) is 15.9. The summed E-state index contributed by atoms with van der Waals surface area (Å²) < 4.78 is 47.7. The molecule has 6 nitrogen and oxygen atoms in total. The highest BCUT2D eigenvalue weighted by molar-refractivity contribution is 5.89. The Morgan fingerprint density at radius 1 is 0.970 bits per heavy atom. The zero-order chi connectivity index (χ0) is 23.4. The van der Waals surface area contributed by atoms with Gasteiger partial charge in [0, 0.05) is 25.2 Å². The van der Waals surface area contributed by atoms with E-state index in [4.69, 9.17) is 4.74 Å². The van der Waals surface area contributed by atoms with Crippen LogP contribution in [0.1, 0.15) is 17.2 Å². The maximum Gasteiger partial charge on any atom is 0.318 e. The maximum atomic E-state index is 14.5. The quantitative estimate of drug-likeness (QED) is 0.604. The average Bonchev–Trinajstić information content (AvgIpc) is 2.81. The summed E-state index contributed by atoms with van der Waals surface area (Å²) in [5, 5.41) is 5.27. The first-order valence-electron chi connectivity index (χ1n) is 10.2. The second kappa shape index (κ2) is 9.64. The lowest BCUT2D eigenvalue weighted by Gasteiger charge is -2.35. The van der Waals surface area contributed by atoms with Gasteiger partial charge in [0.15, 0.2) is 23.1 Å². The Kier molecular flexibility index (Phi) is 6.48. The van der Waals surface area contributed by atoms with E-state index in [9.17, 15) is 22.8 Å². The molecule has 1 fully saturated rings. The SMILES string of the molecule is O=C1NCCN(C(=O)NCc2ccc(Oc3ccccc3F)c(F)c2)C1c1ccccc1F. The molecule has 0 spiro atoms. The molecular formula is C24H20F3N3O3. The molecule has 170 valence electrons. The van der Waals surface area contributed by atoms with Crippen molar-refractivity contribution in [3.8, 4) is 11.5 Å². The van der Waals surface area contributed by atoms with E-state index in [1.54, 1.807) is 12.1 Å². The van der Waals surface area contributed by atoms with Gasteiger partial charge >= 0.3 is 6.03 Å². The molecule has 0 saturated carbocycles. The normalized spacial score (nSPS) is 15.7. The Morgan fingerprint density at radius 3 is 2.39 bits per heavy atom. The Morgan fingerprint density at radius 2 is 1.67 bits per heavy atom. The molecule has 3 aromatic rings. The molecule has 1 heterocycles. The van der Waals surface area contributed by atoms with Gasteiger partial charge in [-0.15, -0.1) is 0 Å². The summed E-state index contributed by atoms with van der Waals surface area (Å²) in [4.78, 5) is 26.4. The minimum atomic E-state index is -1.12. The smallest absolute Gasteiger partial charge is 0.318 e. The largest absolute Gasteiger partial charge is 0.451 e. The Balaban J connectivity index is 1.44. The third kappa shape index (κ3) is 4.92. The molecule has 4 rings (SSSR count). The summed E-state index contributed by atoms with van der Waals surface area (Å²) >= 11 is 0. The van der Waals surface area contributed by atoms with E-state index in [0.717, 1.165) is 6.07 Å². The van der Waals surface area contributed by atoms with Gasteiger partial charge in [-0.2, -0.15) is 0 Å². The maximum absolute atomic E-state index is 14.5. The number of amides is 3. The standard InChI is InChI=1S/C24H20F3N3O3/c25-17-6-2-1-5-16(17)22-23(31)28-11-12-30(22)24(32)29-14-15-9-10-21(19(27)13-15)33-20-8-4-3-7-18(20)26/h1-10,13,22H,11-12,14H2,(H,28,31)(H,29,32). The summed E-state index contributed by atoms with van der Waals surface area (Å²) in [7, 11) is 0. The molecule has 2 N–H and O–H groups in total. The third-order valence-electron chi connectivity index (χ3n) is 5.17. The lowest BCUT2D eigenvalue weighted by Crippen LogP contribution is -2.54. The number of para-hydroxylation sites is 1. The molecular weight excluding hydrogens is 435 g/mol. The van der Waals surface area contributed by atoms with Crippen molar-refractivity contribution in [1.82, 2.24) is 15.5 Å². The number of urea groups is 1. The number of ether oxygens (including phenoxy) is 1. The van der Waals surface area contributed by atoms with Crippen LogP contribution >= 0.6 is 0 Å². The minimum absolute atomic E-state index is 0.0438. The lowest BCUT2D eigenvalue weighted by molar-refractivity contribution is -0.127. The van der Waals surface area contributed by atoms with Gasteiger partial charge in [-0.25, -0.2) is 18.0 Å². The highest BCUT2D eigenvalue weighted by Gasteiger charge is 2.35. The molecule has 33 heavy (non-hydrogen) atoms. The first kappa shape index (κ1) is 22.2. The average molecular weight is 455 g/mol. The van der Waals surface area contributed by atoms with Gasteiger partial charge in [0.05, 0.1) is 0 Å². The van der Waals surface area contributed by atoms with Crippen LogP contribution in [0.15, 0.2) is 66.7 Å². The Bertz CT molecular complexity index is 1190. The zero-order valence-corrected chi connectivity index (χ0v) is 17.4. The number of carbonyl (C=O) groups is 2. The van der Waals surface area contributed by atoms with E-state index in [2.05, 4.69) is 10.6 Å². The van der Waals surface area contributed by atoms with Crippen LogP contribution in [0.3, 0.4) is 0 Å². The fraction of sp³-hybridized carbons (Fsp3) is 0.167. The van der Waals surface area contributed by atoms with Crippen LogP contribution in [-0.4, -0.2) is 29.9 Å². The van der Waals surface area contributed by atoms with Crippen molar-refractivity contribution in [2.75, 3.05) is 13.1 Å². The number of halogens is 3. The van der Waals surface area contributed by atoms with Crippen molar-refractivity contribution in [2.45, 2.75) is 12.6 Å².